The minimum Gasteiger partial charge on any atom is -0.380 e. The first-order chi connectivity index (χ1) is 9.52. The van der Waals surface area contributed by atoms with Crippen molar-refractivity contribution in [2.75, 3.05) is 18.5 Å². The Kier molecular flexibility index (Phi) is 4.39. The van der Waals surface area contributed by atoms with Crippen LogP contribution in [0.3, 0.4) is 0 Å². The van der Waals surface area contributed by atoms with E-state index in [0.29, 0.717) is 36.4 Å². The maximum atomic E-state index is 11.5. The van der Waals surface area contributed by atoms with E-state index < -0.39 is 0 Å². The molecule has 2 heterocycles. The van der Waals surface area contributed by atoms with Crippen LogP contribution < -0.4 is 11.0 Å². The minimum absolute atomic E-state index is 0.162. The Bertz CT molecular complexity index is 631. The lowest BCUT2D eigenvalue weighted by Gasteiger charge is -2.22. The van der Waals surface area contributed by atoms with Gasteiger partial charge in [0.05, 0.1) is 12.6 Å². The second-order valence-corrected chi connectivity index (χ2v) is 5.07. The molecular formula is C13H21N5O2. The average molecular weight is 279 g/mol. The molecule has 0 amide bonds. The van der Waals surface area contributed by atoms with E-state index in [2.05, 4.69) is 34.3 Å². The number of hydrogen-bond donors (Lipinski definition) is 2. The molecule has 0 fully saturated rings. The Morgan fingerprint density at radius 2 is 2.25 bits per heavy atom. The lowest BCUT2D eigenvalue weighted by Crippen LogP contribution is -2.31. The number of aromatic amines is 1. The number of H-pyrrole nitrogens is 1. The maximum absolute atomic E-state index is 11.5. The highest BCUT2D eigenvalue weighted by atomic mass is 16.5. The molecular weight excluding hydrogens is 258 g/mol. The quantitative estimate of drug-likeness (QED) is 0.830. The van der Waals surface area contributed by atoms with Gasteiger partial charge in [0.25, 0.3) is 0 Å². The van der Waals surface area contributed by atoms with Crippen LogP contribution in [-0.4, -0.2) is 38.8 Å². The molecule has 110 valence electrons. The smallest absolute Gasteiger partial charge is 0.349 e. The third-order valence-corrected chi connectivity index (χ3v) is 3.21. The molecule has 0 saturated heterocycles. The Morgan fingerprint density at radius 3 is 2.90 bits per heavy atom. The second-order valence-electron chi connectivity index (χ2n) is 5.07. The molecule has 0 saturated carbocycles. The summed E-state index contributed by atoms with van der Waals surface area (Å²) in [7, 11) is 0. The first kappa shape index (κ1) is 14.5. The van der Waals surface area contributed by atoms with E-state index >= 15 is 0 Å². The van der Waals surface area contributed by atoms with Gasteiger partial charge in [0, 0.05) is 12.7 Å². The normalized spacial score (nSPS) is 13.1. The fourth-order valence-corrected chi connectivity index (χ4v) is 2.01. The largest absolute Gasteiger partial charge is 0.380 e. The van der Waals surface area contributed by atoms with Crippen LogP contribution >= 0.6 is 0 Å². The van der Waals surface area contributed by atoms with Crippen LogP contribution in [0, 0.1) is 12.8 Å². The molecule has 0 aliphatic heterocycles. The molecule has 7 heteroatoms. The van der Waals surface area contributed by atoms with Gasteiger partial charge in [-0.15, -0.1) is 0 Å². The molecule has 0 radical (unpaired) electrons. The zero-order valence-electron chi connectivity index (χ0n) is 12.3. The van der Waals surface area contributed by atoms with Gasteiger partial charge >= 0.3 is 5.69 Å². The van der Waals surface area contributed by atoms with E-state index in [4.69, 9.17) is 4.74 Å². The number of rotatable bonds is 6. The molecule has 2 N–H and O–H groups in total. The summed E-state index contributed by atoms with van der Waals surface area (Å²) < 4.78 is 6.93. The number of ether oxygens (including phenoxy) is 1. The number of anilines is 1. The molecule has 20 heavy (non-hydrogen) atoms. The molecule has 2 aromatic heterocycles. The first-order valence-corrected chi connectivity index (χ1v) is 6.82. The lowest BCUT2D eigenvalue weighted by molar-refractivity contribution is 0.126. The summed E-state index contributed by atoms with van der Waals surface area (Å²) in [6, 6.07) is 1.92. The fourth-order valence-electron chi connectivity index (χ4n) is 2.01. The molecule has 0 aliphatic rings. The van der Waals surface area contributed by atoms with Gasteiger partial charge in [-0.3, -0.25) is 0 Å². The predicted octanol–water partition coefficient (Wildman–Crippen LogP) is 1.20. The van der Waals surface area contributed by atoms with Crippen molar-refractivity contribution < 1.29 is 4.74 Å². The SMILES string of the molecule is CCOCC(Nc1cc2n[nH]c(=O)n2c(C)n1)C(C)C. The van der Waals surface area contributed by atoms with Crippen molar-refractivity contribution in [2.45, 2.75) is 33.7 Å². The minimum atomic E-state index is -0.272. The molecule has 0 aliphatic carbocycles. The zero-order valence-corrected chi connectivity index (χ0v) is 12.3. The monoisotopic (exact) mass is 279 g/mol. The van der Waals surface area contributed by atoms with Crippen LogP contribution in [0.2, 0.25) is 0 Å². The van der Waals surface area contributed by atoms with Crippen molar-refractivity contribution in [1.29, 1.82) is 0 Å². The fraction of sp³-hybridized carbons (Fsp3) is 0.615. The van der Waals surface area contributed by atoms with Gasteiger partial charge in [-0.25, -0.2) is 19.3 Å². The summed E-state index contributed by atoms with van der Waals surface area (Å²) in [6.07, 6.45) is 0. The Labute approximate surface area is 117 Å². The second kappa shape index (κ2) is 6.04. The van der Waals surface area contributed by atoms with Crippen LogP contribution in [0.15, 0.2) is 10.9 Å². The van der Waals surface area contributed by atoms with E-state index in [1.807, 2.05) is 6.92 Å². The first-order valence-electron chi connectivity index (χ1n) is 6.82. The third-order valence-electron chi connectivity index (χ3n) is 3.21. The highest BCUT2D eigenvalue weighted by molar-refractivity contribution is 5.50. The van der Waals surface area contributed by atoms with Crippen molar-refractivity contribution in [3.8, 4) is 0 Å². The maximum Gasteiger partial charge on any atom is 0.349 e. The zero-order chi connectivity index (χ0) is 14.7. The summed E-state index contributed by atoms with van der Waals surface area (Å²) in [4.78, 5) is 15.9. The van der Waals surface area contributed by atoms with Gasteiger partial charge in [-0.05, 0) is 19.8 Å². The van der Waals surface area contributed by atoms with Gasteiger partial charge in [-0.1, -0.05) is 13.8 Å². The molecule has 2 rings (SSSR count). The van der Waals surface area contributed by atoms with Crippen molar-refractivity contribution in [3.63, 3.8) is 0 Å². The standard InChI is InChI=1S/C13H21N5O2/c1-5-20-7-10(8(2)3)15-11-6-12-16-17-13(19)18(12)9(4)14-11/h6,8,10,15H,5,7H2,1-4H3,(H,17,19). The van der Waals surface area contributed by atoms with E-state index in [0.717, 1.165) is 0 Å². The van der Waals surface area contributed by atoms with Gasteiger partial charge in [0.15, 0.2) is 5.65 Å². The third kappa shape index (κ3) is 2.98. The van der Waals surface area contributed by atoms with Crippen molar-refractivity contribution >= 4 is 11.5 Å². The lowest BCUT2D eigenvalue weighted by atomic mass is 10.1. The van der Waals surface area contributed by atoms with Crippen LogP contribution in [0.5, 0.6) is 0 Å². The topological polar surface area (TPSA) is 84.3 Å². The Hall–Kier alpha value is -1.89. The highest BCUT2D eigenvalue weighted by Crippen LogP contribution is 2.13. The highest BCUT2D eigenvalue weighted by Gasteiger charge is 2.15. The molecule has 0 spiro atoms. The number of hydrogen-bond acceptors (Lipinski definition) is 5. The number of aromatic nitrogens is 4. The van der Waals surface area contributed by atoms with Crippen molar-refractivity contribution in [2.24, 2.45) is 5.92 Å². The summed E-state index contributed by atoms with van der Waals surface area (Å²) >= 11 is 0. The molecule has 2 aromatic rings. The van der Waals surface area contributed by atoms with E-state index in [1.165, 1.54) is 4.40 Å². The van der Waals surface area contributed by atoms with E-state index in [-0.39, 0.29) is 11.7 Å². The summed E-state index contributed by atoms with van der Waals surface area (Å²) in [5.74, 6) is 1.70. The van der Waals surface area contributed by atoms with Crippen molar-refractivity contribution in [1.82, 2.24) is 19.6 Å². The molecule has 0 aromatic carbocycles. The Balaban J connectivity index is 2.26. The van der Waals surface area contributed by atoms with Crippen LogP contribution in [0.1, 0.15) is 26.6 Å². The summed E-state index contributed by atoms with van der Waals surface area (Å²) in [6.45, 7) is 9.31. The molecule has 1 atom stereocenters. The van der Waals surface area contributed by atoms with Gasteiger partial charge in [0.2, 0.25) is 0 Å². The van der Waals surface area contributed by atoms with Gasteiger partial charge in [-0.2, -0.15) is 5.10 Å². The molecule has 1 unspecified atom stereocenters. The Morgan fingerprint density at radius 1 is 1.50 bits per heavy atom. The van der Waals surface area contributed by atoms with Crippen LogP contribution in [0.4, 0.5) is 5.82 Å². The van der Waals surface area contributed by atoms with Crippen LogP contribution in [0.25, 0.3) is 5.65 Å². The molecule has 0 bridgehead atoms. The summed E-state index contributed by atoms with van der Waals surface area (Å²) in [5, 5.41) is 9.74. The van der Waals surface area contributed by atoms with E-state index in [1.54, 1.807) is 13.0 Å². The van der Waals surface area contributed by atoms with Gasteiger partial charge in [0.1, 0.15) is 11.6 Å². The van der Waals surface area contributed by atoms with Crippen LogP contribution in [-0.2, 0) is 4.74 Å². The summed E-state index contributed by atoms with van der Waals surface area (Å²) in [5.41, 5.74) is 0.287. The number of fused-ring (bicyclic) bond motifs is 1. The van der Waals surface area contributed by atoms with Crippen molar-refractivity contribution in [3.05, 3.63) is 22.4 Å². The number of nitrogens with one attached hydrogen (secondary N) is 2. The van der Waals surface area contributed by atoms with Gasteiger partial charge < -0.3 is 10.1 Å². The molecule has 7 nitrogen and oxygen atoms in total. The van der Waals surface area contributed by atoms with E-state index in [9.17, 15) is 4.79 Å². The number of nitrogens with zero attached hydrogens (tertiary/aromatic N) is 3. The predicted molar refractivity (Wildman–Crippen MR) is 77.1 cm³/mol. The number of aryl methyl sites for hydroxylation is 1. The average Bonchev–Trinajstić information content (AvgIpc) is 2.76.